The third-order valence-electron chi connectivity index (χ3n) is 3.17. The van der Waals surface area contributed by atoms with Gasteiger partial charge in [0, 0.05) is 26.0 Å². The first kappa shape index (κ1) is 17.2. The number of carbonyl (C=O) groups excluding carboxylic acids is 1. The monoisotopic (exact) mass is 334 g/mol. The van der Waals surface area contributed by atoms with Crippen LogP contribution >= 0.6 is 11.6 Å². The number of methoxy groups -OCH3 is 1. The molecule has 0 aliphatic carbocycles. The quantitative estimate of drug-likeness (QED) is 0.794. The molecule has 2 rings (SSSR count). The van der Waals surface area contributed by atoms with Gasteiger partial charge in [0.05, 0.1) is 22.9 Å². The fraction of sp³-hybridized carbons (Fsp3) is 0.312. The lowest BCUT2D eigenvalue weighted by molar-refractivity contribution is 0.0936. The summed E-state index contributed by atoms with van der Waals surface area (Å²) < 4.78 is 4.88. The summed E-state index contributed by atoms with van der Waals surface area (Å²) in [5.74, 6) is 0.144. The first-order chi connectivity index (χ1) is 11.0. The van der Waals surface area contributed by atoms with E-state index < -0.39 is 0 Å². The number of nitrogens with zero attached hydrogens (tertiary/aromatic N) is 2. The molecule has 0 aliphatic rings. The van der Waals surface area contributed by atoms with Crippen LogP contribution in [0.2, 0.25) is 5.02 Å². The van der Waals surface area contributed by atoms with Crippen LogP contribution in [0.3, 0.4) is 0 Å². The number of ether oxygens (including phenoxy) is 1. The lowest BCUT2D eigenvalue weighted by Crippen LogP contribution is -2.27. The summed E-state index contributed by atoms with van der Waals surface area (Å²) in [7, 11) is 1.58. The molecule has 1 aromatic heterocycles. The van der Waals surface area contributed by atoms with E-state index in [-0.39, 0.29) is 5.91 Å². The summed E-state index contributed by atoms with van der Waals surface area (Å²) in [6, 6.07) is 3.89. The van der Waals surface area contributed by atoms with Gasteiger partial charge >= 0.3 is 0 Å². The summed E-state index contributed by atoms with van der Waals surface area (Å²) in [4.78, 5) is 20.2. The molecular formula is C16H19ClN4O2. The van der Waals surface area contributed by atoms with E-state index >= 15 is 0 Å². The third-order valence-corrected chi connectivity index (χ3v) is 3.47. The Morgan fingerprint density at radius 1 is 1.26 bits per heavy atom. The number of rotatable bonds is 6. The van der Waals surface area contributed by atoms with E-state index in [1.54, 1.807) is 7.11 Å². The van der Waals surface area contributed by atoms with E-state index in [1.807, 2.05) is 26.0 Å². The highest BCUT2D eigenvalue weighted by molar-refractivity contribution is 6.33. The molecule has 0 atom stereocenters. The van der Waals surface area contributed by atoms with Gasteiger partial charge in [-0.05, 0) is 31.0 Å². The number of aromatic nitrogens is 2. The molecule has 1 aromatic carbocycles. The number of hydrogen-bond acceptors (Lipinski definition) is 5. The third kappa shape index (κ3) is 4.64. The zero-order chi connectivity index (χ0) is 16.8. The van der Waals surface area contributed by atoms with Crippen molar-refractivity contribution in [1.29, 1.82) is 0 Å². The fourth-order valence-electron chi connectivity index (χ4n) is 2.06. The zero-order valence-corrected chi connectivity index (χ0v) is 14.1. The summed E-state index contributed by atoms with van der Waals surface area (Å²) in [6.07, 6.45) is 2.93. The first-order valence-electron chi connectivity index (χ1n) is 7.14. The van der Waals surface area contributed by atoms with Gasteiger partial charge in [0.15, 0.2) is 0 Å². The van der Waals surface area contributed by atoms with E-state index in [0.29, 0.717) is 29.7 Å². The topological polar surface area (TPSA) is 76.1 Å². The number of halogens is 1. The van der Waals surface area contributed by atoms with Crippen molar-refractivity contribution >= 4 is 29.1 Å². The standard InChI is InChI=1S/C16H19ClN4O2/c1-10-6-11(2)14(13(17)7-10)21-16-19-8-12(9-20-16)15(22)18-4-5-23-3/h6-9H,4-5H2,1-3H3,(H,18,22)(H,19,20,21). The molecule has 6 nitrogen and oxygen atoms in total. The zero-order valence-electron chi connectivity index (χ0n) is 13.3. The molecule has 1 heterocycles. The van der Waals surface area contributed by atoms with E-state index in [2.05, 4.69) is 20.6 Å². The van der Waals surface area contributed by atoms with Crippen LogP contribution in [0, 0.1) is 13.8 Å². The van der Waals surface area contributed by atoms with Crippen molar-refractivity contribution in [3.05, 3.63) is 46.2 Å². The fourth-order valence-corrected chi connectivity index (χ4v) is 2.43. The Kier molecular flexibility index (Phi) is 5.90. The van der Waals surface area contributed by atoms with Crippen LogP contribution in [0.25, 0.3) is 0 Å². The van der Waals surface area contributed by atoms with Crippen molar-refractivity contribution in [2.75, 3.05) is 25.6 Å². The van der Waals surface area contributed by atoms with Gasteiger partial charge in [0.25, 0.3) is 5.91 Å². The van der Waals surface area contributed by atoms with Crippen LogP contribution < -0.4 is 10.6 Å². The Balaban J connectivity index is 2.07. The molecule has 0 fully saturated rings. The van der Waals surface area contributed by atoms with Gasteiger partial charge in [-0.15, -0.1) is 0 Å². The van der Waals surface area contributed by atoms with Gasteiger partial charge in [0.2, 0.25) is 5.95 Å². The summed E-state index contributed by atoms with van der Waals surface area (Å²) >= 11 is 6.24. The Morgan fingerprint density at radius 2 is 1.96 bits per heavy atom. The highest BCUT2D eigenvalue weighted by atomic mass is 35.5. The smallest absolute Gasteiger partial charge is 0.254 e. The Morgan fingerprint density at radius 3 is 2.57 bits per heavy atom. The van der Waals surface area contributed by atoms with Gasteiger partial charge in [0.1, 0.15) is 0 Å². The minimum absolute atomic E-state index is 0.238. The molecule has 0 spiro atoms. The average Bonchev–Trinajstić information content (AvgIpc) is 2.51. The number of hydrogen-bond donors (Lipinski definition) is 2. The van der Waals surface area contributed by atoms with Gasteiger partial charge in [-0.2, -0.15) is 0 Å². The second-order valence-electron chi connectivity index (χ2n) is 5.11. The van der Waals surface area contributed by atoms with E-state index in [0.717, 1.165) is 16.8 Å². The molecular weight excluding hydrogens is 316 g/mol. The lowest BCUT2D eigenvalue weighted by Gasteiger charge is -2.11. The van der Waals surface area contributed by atoms with Gasteiger partial charge in [-0.1, -0.05) is 17.7 Å². The highest BCUT2D eigenvalue weighted by Crippen LogP contribution is 2.29. The lowest BCUT2D eigenvalue weighted by atomic mass is 10.1. The Hall–Kier alpha value is -2.18. The molecule has 23 heavy (non-hydrogen) atoms. The number of anilines is 2. The van der Waals surface area contributed by atoms with E-state index in [9.17, 15) is 4.79 Å². The predicted molar refractivity (Wildman–Crippen MR) is 90.4 cm³/mol. The predicted octanol–water partition coefficient (Wildman–Crippen LogP) is 2.87. The second kappa shape index (κ2) is 7.89. The normalized spacial score (nSPS) is 10.4. The molecule has 7 heteroatoms. The second-order valence-corrected chi connectivity index (χ2v) is 5.51. The van der Waals surface area contributed by atoms with Crippen molar-refractivity contribution in [2.45, 2.75) is 13.8 Å². The summed E-state index contributed by atoms with van der Waals surface area (Å²) in [5, 5.41) is 6.39. The van der Waals surface area contributed by atoms with Gasteiger partial charge in [-0.25, -0.2) is 9.97 Å². The maximum Gasteiger partial charge on any atom is 0.254 e. The highest BCUT2D eigenvalue weighted by Gasteiger charge is 2.09. The Bertz CT molecular complexity index is 666. The molecule has 0 saturated carbocycles. The van der Waals surface area contributed by atoms with Crippen LogP contribution in [0.1, 0.15) is 21.5 Å². The van der Waals surface area contributed by atoms with Crippen molar-refractivity contribution in [3.8, 4) is 0 Å². The van der Waals surface area contributed by atoms with Crippen molar-refractivity contribution in [2.24, 2.45) is 0 Å². The molecule has 1 amide bonds. The number of aryl methyl sites for hydroxylation is 2. The molecule has 0 unspecified atom stereocenters. The summed E-state index contributed by atoms with van der Waals surface area (Å²) in [5.41, 5.74) is 3.23. The minimum Gasteiger partial charge on any atom is -0.383 e. The van der Waals surface area contributed by atoms with Crippen LogP contribution in [-0.2, 0) is 4.74 Å². The van der Waals surface area contributed by atoms with Gasteiger partial charge < -0.3 is 15.4 Å². The molecule has 2 aromatic rings. The van der Waals surface area contributed by atoms with Crippen molar-refractivity contribution in [1.82, 2.24) is 15.3 Å². The van der Waals surface area contributed by atoms with Crippen molar-refractivity contribution in [3.63, 3.8) is 0 Å². The molecule has 2 N–H and O–H groups in total. The maximum atomic E-state index is 11.8. The molecule has 0 bridgehead atoms. The number of amides is 1. The van der Waals surface area contributed by atoms with Crippen LogP contribution in [0.15, 0.2) is 24.5 Å². The Labute approximate surface area is 140 Å². The first-order valence-corrected chi connectivity index (χ1v) is 7.52. The average molecular weight is 335 g/mol. The largest absolute Gasteiger partial charge is 0.383 e. The number of benzene rings is 1. The van der Waals surface area contributed by atoms with Crippen LogP contribution in [0.4, 0.5) is 11.6 Å². The van der Waals surface area contributed by atoms with Crippen LogP contribution in [0.5, 0.6) is 0 Å². The van der Waals surface area contributed by atoms with Gasteiger partial charge in [-0.3, -0.25) is 4.79 Å². The molecule has 0 saturated heterocycles. The maximum absolute atomic E-state index is 11.8. The molecule has 0 aliphatic heterocycles. The number of carbonyl (C=O) groups is 1. The SMILES string of the molecule is COCCNC(=O)c1cnc(Nc2c(C)cc(C)cc2Cl)nc1. The van der Waals surface area contributed by atoms with Crippen LogP contribution in [-0.4, -0.2) is 36.1 Å². The van der Waals surface area contributed by atoms with E-state index in [4.69, 9.17) is 16.3 Å². The number of nitrogens with one attached hydrogen (secondary N) is 2. The van der Waals surface area contributed by atoms with E-state index in [1.165, 1.54) is 12.4 Å². The molecule has 0 radical (unpaired) electrons. The molecule has 122 valence electrons. The summed E-state index contributed by atoms with van der Waals surface area (Å²) in [6.45, 7) is 4.83. The van der Waals surface area contributed by atoms with Crippen molar-refractivity contribution < 1.29 is 9.53 Å². The minimum atomic E-state index is -0.238.